The molecule has 5 heteroatoms. The van der Waals surface area contributed by atoms with Crippen LogP contribution in [0.3, 0.4) is 0 Å². The van der Waals surface area contributed by atoms with Crippen LogP contribution in [0.2, 0.25) is 0 Å². The van der Waals surface area contributed by atoms with Crippen LogP contribution >= 0.6 is 0 Å². The van der Waals surface area contributed by atoms with Crippen molar-refractivity contribution in [3.05, 3.63) is 35.4 Å². The molecule has 1 aromatic rings. The van der Waals surface area contributed by atoms with E-state index in [1.54, 1.807) is 29.2 Å². The van der Waals surface area contributed by atoms with Gasteiger partial charge in [-0.25, -0.2) is 0 Å². The van der Waals surface area contributed by atoms with Gasteiger partial charge < -0.3 is 14.7 Å². The van der Waals surface area contributed by atoms with E-state index in [2.05, 4.69) is 0 Å². The standard InChI is InChI=1S/C21H33NO4/c1-8-17(23)15-9-11-16(12-10-15)19(25)22(20(2,3)4)14-13-18(24)26-21(5,6)7/h9-12,17,23H,8,13-14H2,1-7H3/t17-/m0/s1. The first kappa shape index (κ1) is 22.2. The molecule has 5 nitrogen and oxygen atoms in total. The summed E-state index contributed by atoms with van der Waals surface area (Å²) in [4.78, 5) is 26.6. The molecule has 0 fully saturated rings. The smallest absolute Gasteiger partial charge is 0.308 e. The Kier molecular flexibility index (Phi) is 7.39. The molecule has 0 aliphatic heterocycles. The highest BCUT2D eigenvalue weighted by molar-refractivity contribution is 5.95. The quantitative estimate of drug-likeness (QED) is 0.773. The Bertz CT molecular complexity index is 608. The van der Waals surface area contributed by atoms with Gasteiger partial charge in [0.05, 0.1) is 12.5 Å². The minimum absolute atomic E-state index is 0.140. The highest BCUT2D eigenvalue weighted by Gasteiger charge is 2.28. The van der Waals surface area contributed by atoms with Crippen LogP contribution in [0.15, 0.2) is 24.3 Å². The fourth-order valence-electron chi connectivity index (χ4n) is 2.58. The van der Waals surface area contributed by atoms with Gasteiger partial charge in [-0.3, -0.25) is 9.59 Å². The van der Waals surface area contributed by atoms with Crippen molar-refractivity contribution in [3.8, 4) is 0 Å². The Morgan fingerprint density at radius 1 is 1.08 bits per heavy atom. The fraction of sp³-hybridized carbons (Fsp3) is 0.619. The largest absolute Gasteiger partial charge is 0.460 e. The fourth-order valence-corrected chi connectivity index (χ4v) is 2.58. The van der Waals surface area contributed by atoms with Crippen molar-refractivity contribution < 1.29 is 19.4 Å². The van der Waals surface area contributed by atoms with Crippen LogP contribution in [0.4, 0.5) is 0 Å². The van der Waals surface area contributed by atoms with E-state index in [1.165, 1.54) is 0 Å². The van der Waals surface area contributed by atoms with E-state index in [4.69, 9.17) is 4.74 Å². The van der Waals surface area contributed by atoms with Crippen LogP contribution in [-0.2, 0) is 9.53 Å². The number of rotatable bonds is 6. The van der Waals surface area contributed by atoms with E-state index in [9.17, 15) is 14.7 Å². The Hall–Kier alpha value is -1.88. The number of benzene rings is 1. The van der Waals surface area contributed by atoms with E-state index < -0.39 is 17.2 Å². The molecule has 0 bridgehead atoms. The molecular weight excluding hydrogens is 330 g/mol. The van der Waals surface area contributed by atoms with Gasteiger partial charge in [0.25, 0.3) is 5.91 Å². The highest BCUT2D eigenvalue weighted by Crippen LogP contribution is 2.21. The van der Waals surface area contributed by atoms with Gasteiger partial charge in [0.1, 0.15) is 5.60 Å². The molecule has 146 valence electrons. The SMILES string of the molecule is CC[C@H](O)c1ccc(C(=O)N(CCC(=O)OC(C)(C)C)C(C)(C)C)cc1. The van der Waals surface area contributed by atoms with Crippen molar-refractivity contribution in [2.75, 3.05) is 6.54 Å². The molecule has 1 rings (SSSR count). The number of hydrogen-bond acceptors (Lipinski definition) is 4. The normalized spacial score (nSPS) is 13.2. The van der Waals surface area contributed by atoms with Gasteiger partial charge in [-0.05, 0) is 65.7 Å². The Balaban J connectivity index is 2.89. The van der Waals surface area contributed by atoms with Gasteiger partial charge in [0.15, 0.2) is 0 Å². The molecular formula is C21H33NO4. The molecule has 0 heterocycles. The molecule has 0 spiro atoms. The lowest BCUT2D eigenvalue weighted by Gasteiger charge is -2.36. The van der Waals surface area contributed by atoms with E-state index in [0.717, 1.165) is 5.56 Å². The van der Waals surface area contributed by atoms with Crippen molar-refractivity contribution in [2.24, 2.45) is 0 Å². The van der Waals surface area contributed by atoms with Crippen molar-refractivity contribution in [1.29, 1.82) is 0 Å². The number of aliphatic hydroxyl groups is 1. The predicted molar refractivity (Wildman–Crippen MR) is 103 cm³/mol. The Morgan fingerprint density at radius 2 is 1.62 bits per heavy atom. The van der Waals surface area contributed by atoms with Crippen LogP contribution in [0.5, 0.6) is 0 Å². The van der Waals surface area contributed by atoms with E-state index >= 15 is 0 Å². The lowest BCUT2D eigenvalue weighted by molar-refractivity contribution is -0.155. The maximum atomic E-state index is 13.0. The number of ether oxygens (including phenoxy) is 1. The van der Waals surface area contributed by atoms with Gasteiger partial charge in [-0.1, -0.05) is 19.1 Å². The second kappa shape index (κ2) is 8.67. The average molecular weight is 363 g/mol. The van der Waals surface area contributed by atoms with Crippen molar-refractivity contribution in [3.63, 3.8) is 0 Å². The number of esters is 1. The molecule has 0 radical (unpaired) electrons. The minimum Gasteiger partial charge on any atom is -0.460 e. The van der Waals surface area contributed by atoms with E-state index in [0.29, 0.717) is 12.0 Å². The summed E-state index contributed by atoms with van der Waals surface area (Å²) < 4.78 is 5.34. The third-order valence-corrected chi connectivity index (χ3v) is 3.94. The number of hydrogen-bond donors (Lipinski definition) is 1. The van der Waals surface area contributed by atoms with Crippen molar-refractivity contribution in [1.82, 2.24) is 4.90 Å². The summed E-state index contributed by atoms with van der Waals surface area (Å²) in [5, 5.41) is 9.89. The second-order valence-corrected chi connectivity index (χ2v) is 8.51. The third-order valence-electron chi connectivity index (χ3n) is 3.94. The molecule has 0 aliphatic carbocycles. The molecule has 0 saturated heterocycles. The first-order valence-electron chi connectivity index (χ1n) is 9.17. The van der Waals surface area contributed by atoms with Crippen LogP contribution in [-0.4, -0.2) is 39.6 Å². The molecule has 1 amide bonds. The summed E-state index contributed by atoms with van der Waals surface area (Å²) in [5.74, 6) is -0.459. The number of carbonyl (C=O) groups is 2. The van der Waals surface area contributed by atoms with E-state index in [-0.39, 0.29) is 24.8 Å². The molecule has 0 aliphatic rings. The van der Waals surface area contributed by atoms with Gasteiger partial charge in [-0.2, -0.15) is 0 Å². The molecule has 0 saturated carbocycles. The van der Waals surface area contributed by atoms with Crippen molar-refractivity contribution in [2.45, 2.75) is 78.6 Å². The summed E-state index contributed by atoms with van der Waals surface area (Å²) >= 11 is 0. The zero-order chi connectivity index (χ0) is 20.1. The van der Waals surface area contributed by atoms with Crippen LogP contribution in [0.1, 0.15) is 83.3 Å². The lowest BCUT2D eigenvalue weighted by atomic mass is 10.0. The zero-order valence-corrected chi connectivity index (χ0v) is 17.1. The monoisotopic (exact) mass is 363 g/mol. The first-order chi connectivity index (χ1) is 11.8. The first-order valence-corrected chi connectivity index (χ1v) is 9.17. The Labute approximate surface area is 157 Å². The average Bonchev–Trinajstić information content (AvgIpc) is 2.51. The van der Waals surface area contributed by atoms with Gasteiger partial charge in [-0.15, -0.1) is 0 Å². The van der Waals surface area contributed by atoms with E-state index in [1.807, 2.05) is 48.5 Å². The maximum absolute atomic E-state index is 13.0. The van der Waals surface area contributed by atoms with Crippen LogP contribution < -0.4 is 0 Å². The molecule has 0 unspecified atom stereocenters. The molecule has 26 heavy (non-hydrogen) atoms. The third kappa shape index (κ3) is 6.79. The van der Waals surface area contributed by atoms with Gasteiger partial charge in [0, 0.05) is 17.6 Å². The number of aliphatic hydroxyl groups excluding tert-OH is 1. The lowest BCUT2D eigenvalue weighted by Crippen LogP contribution is -2.46. The second-order valence-electron chi connectivity index (χ2n) is 8.51. The van der Waals surface area contributed by atoms with Crippen LogP contribution in [0, 0.1) is 0 Å². The molecule has 0 aromatic heterocycles. The number of carbonyl (C=O) groups excluding carboxylic acids is 2. The Morgan fingerprint density at radius 3 is 2.04 bits per heavy atom. The molecule has 1 aromatic carbocycles. The maximum Gasteiger partial charge on any atom is 0.308 e. The minimum atomic E-state index is -0.538. The number of amides is 1. The predicted octanol–water partition coefficient (Wildman–Crippen LogP) is 4.10. The summed E-state index contributed by atoms with van der Waals surface area (Å²) in [7, 11) is 0. The number of nitrogens with zero attached hydrogens (tertiary/aromatic N) is 1. The summed E-state index contributed by atoms with van der Waals surface area (Å²) in [6, 6.07) is 7.00. The zero-order valence-electron chi connectivity index (χ0n) is 17.1. The van der Waals surface area contributed by atoms with Gasteiger partial charge in [0.2, 0.25) is 0 Å². The summed E-state index contributed by atoms with van der Waals surface area (Å²) in [6.45, 7) is 13.5. The highest BCUT2D eigenvalue weighted by atomic mass is 16.6. The van der Waals surface area contributed by atoms with Crippen molar-refractivity contribution >= 4 is 11.9 Å². The van der Waals surface area contributed by atoms with Crippen LogP contribution in [0.25, 0.3) is 0 Å². The summed E-state index contributed by atoms with van der Waals surface area (Å²) in [6.07, 6.45) is 0.245. The van der Waals surface area contributed by atoms with Gasteiger partial charge >= 0.3 is 5.97 Å². The topological polar surface area (TPSA) is 66.8 Å². The summed E-state index contributed by atoms with van der Waals surface area (Å²) in [5.41, 5.74) is 0.362. The molecule has 1 atom stereocenters. The molecule has 1 N–H and O–H groups in total.